The Morgan fingerprint density at radius 3 is 2.36 bits per heavy atom. The molecule has 1 aromatic rings. The van der Waals surface area contributed by atoms with Crippen LogP contribution in [0.2, 0.25) is 0 Å². The fraction of sp³-hybridized carbons (Fsp3) is 0.222. The van der Waals surface area contributed by atoms with Crippen LogP contribution in [0.1, 0.15) is 12.5 Å². The number of benzene rings is 1. The highest BCUT2D eigenvalue weighted by atomic mass is 32.2. The first-order valence-electron chi connectivity index (χ1n) is 4.04. The van der Waals surface area contributed by atoms with Gasteiger partial charge < -0.3 is 0 Å². The molecular formula is C9H11NO3S. The molecule has 0 unspecified atom stereocenters. The molecule has 0 atom stereocenters. The summed E-state index contributed by atoms with van der Waals surface area (Å²) in [5, 5.41) is 0. The largest absolute Gasteiger partial charge is 0.274 e. The van der Waals surface area contributed by atoms with Gasteiger partial charge in [-0.1, -0.05) is 30.3 Å². The zero-order chi connectivity index (χ0) is 10.6. The molecule has 76 valence electrons. The van der Waals surface area contributed by atoms with Gasteiger partial charge in [-0.3, -0.25) is 9.52 Å². The van der Waals surface area contributed by atoms with Gasteiger partial charge in [0, 0.05) is 6.92 Å². The molecule has 0 fully saturated rings. The molecule has 1 aromatic carbocycles. The van der Waals surface area contributed by atoms with Gasteiger partial charge in [0.05, 0.1) is 5.75 Å². The molecule has 0 spiro atoms. The third-order valence-electron chi connectivity index (χ3n) is 1.50. The number of hydrogen-bond donors (Lipinski definition) is 1. The lowest BCUT2D eigenvalue weighted by Crippen LogP contribution is -2.29. The van der Waals surface area contributed by atoms with Crippen molar-refractivity contribution in [1.82, 2.24) is 4.72 Å². The molecule has 0 radical (unpaired) electrons. The van der Waals surface area contributed by atoms with E-state index in [9.17, 15) is 13.2 Å². The third-order valence-corrected chi connectivity index (χ3v) is 2.81. The van der Waals surface area contributed by atoms with Crippen LogP contribution in [0, 0.1) is 0 Å². The van der Waals surface area contributed by atoms with Gasteiger partial charge in [0.2, 0.25) is 15.9 Å². The number of carbonyl (C=O) groups excluding carboxylic acids is 1. The Morgan fingerprint density at radius 1 is 1.29 bits per heavy atom. The molecule has 0 heterocycles. The quantitative estimate of drug-likeness (QED) is 0.802. The molecule has 0 saturated carbocycles. The van der Waals surface area contributed by atoms with Crippen LogP contribution in [0.3, 0.4) is 0 Å². The Labute approximate surface area is 83.0 Å². The van der Waals surface area contributed by atoms with Crippen LogP contribution >= 0.6 is 0 Å². The third kappa shape index (κ3) is 3.57. The van der Waals surface area contributed by atoms with E-state index in [-0.39, 0.29) is 5.75 Å². The number of carbonyl (C=O) groups is 1. The van der Waals surface area contributed by atoms with E-state index in [2.05, 4.69) is 0 Å². The first-order chi connectivity index (χ1) is 6.49. The molecule has 0 aliphatic carbocycles. The summed E-state index contributed by atoms with van der Waals surface area (Å²) in [6.07, 6.45) is 0. The maximum atomic E-state index is 11.3. The molecule has 4 nitrogen and oxygen atoms in total. The summed E-state index contributed by atoms with van der Waals surface area (Å²) >= 11 is 0. The zero-order valence-electron chi connectivity index (χ0n) is 7.73. The maximum Gasteiger partial charge on any atom is 0.239 e. The van der Waals surface area contributed by atoms with Crippen molar-refractivity contribution in [1.29, 1.82) is 0 Å². The number of nitrogens with one attached hydrogen (secondary N) is 1. The van der Waals surface area contributed by atoms with Gasteiger partial charge in [-0.15, -0.1) is 0 Å². The Bertz CT molecular complexity index is 411. The van der Waals surface area contributed by atoms with Crippen molar-refractivity contribution < 1.29 is 13.2 Å². The highest BCUT2D eigenvalue weighted by Crippen LogP contribution is 2.03. The molecule has 1 amide bonds. The van der Waals surface area contributed by atoms with E-state index < -0.39 is 15.9 Å². The van der Waals surface area contributed by atoms with E-state index in [1.165, 1.54) is 6.92 Å². The van der Waals surface area contributed by atoms with Crippen molar-refractivity contribution in [2.45, 2.75) is 12.7 Å². The summed E-state index contributed by atoms with van der Waals surface area (Å²) in [5.41, 5.74) is 0.654. The number of rotatable bonds is 3. The fourth-order valence-electron chi connectivity index (χ4n) is 1.05. The Balaban J connectivity index is 2.74. The second-order valence-corrected chi connectivity index (χ2v) is 4.63. The minimum Gasteiger partial charge on any atom is -0.274 e. The molecular weight excluding hydrogens is 202 g/mol. The summed E-state index contributed by atoms with van der Waals surface area (Å²) in [4.78, 5) is 10.6. The highest BCUT2D eigenvalue weighted by molar-refractivity contribution is 7.89. The van der Waals surface area contributed by atoms with Gasteiger partial charge in [0.1, 0.15) is 0 Å². The van der Waals surface area contributed by atoms with Gasteiger partial charge in [-0.05, 0) is 5.56 Å². The van der Waals surface area contributed by atoms with Gasteiger partial charge in [0.15, 0.2) is 0 Å². The van der Waals surface area contributed by atoms with E-state index >= 15 is 0 Å². The summed E-state index contributed by atoms with van der Waals surface area (Å²) < 4.78 is 24.5. The number of hydrogen-bond acceptors (Lipinski definition) is 3. The average molecular weight is 213 g/mol. The van der Waals surface area contributed by atoms with Gasteiger partial charge >= 0.3 is 0 Å². The van der Waals surface area contributed by atoms with Crippen LogP contribution in [0.4, 0.5) is 0 Å². The minimum absolute atomic E-state index is 0.173. The van der Waals surface area contributed by atoms with Crippen LogP contribution in [0.15, 0.2) is 30.3 Å². The van der Waals surface area contributed by atoms with Gasteiger partial charge in [-0.25, -0.2) is 8.42 Å². The molecule has 0 aromatic heterocycles. The first-order valence-corrected chi connectivity index (χ1v) is 5.70. The Kier molecular flexibility index (Phi) is 3.24. The van der Waals surface area contributed by atoms with Crippen molar-refractivity contribution in [2.75, 3.05) is 0 Å². The fourth-order valence-corrected chi connectivity index (χ4v) is 2.19. The SMILES string of the molecule is CC(=O)NS(=O)(=O)Cc1ccccc1. The van der Waals surface area contributed by atoms with E-state index in [1.807, 2.05) is 4.72 Å². The number of amides is 1. The standard InChI is InChI=1S/C9H11NO3S/c1-8(11)10-14(12,13)7-9-5-3-2-4-6-9/h2-6H,7H2,1H3,(H,10,11). The van der Waals surface area contributed by atoms with Crippen LogP contribution in [-0.4, -0.2) is 14.3 Å². The first kappa shape index (κ1) is 10.7. The minimum atomic E-state index is -3.53. The average Bonchev–Trinajstić information content (AvgIpc) is 2.02. The smallest absolute Gasteiger partial charge is 0.239 e. The monoisotopic (exact) mass is 213 g/mol. The lowest BCUT2D eigenvalue weighted by molar-refractivity contribution is -0.117. The lowest BCUT2D eigenvalue weighted by Gasteiger charge is -2.03. The predicted molar refractivity (Wildman–Crippen MR) is 52.9 cm³/mol. The van der Waals surface area contributed by atoms with Crippen molar-refractivity contribution in [3.8, 4) is 0 Å². The van der Waals surface area contributed by atoms with Crippen molar-refractivity contribution in [3.63, 3.8) is 0 Å². The van der Waals surface area contributed by atoms with E-state index in [0.29, 0.717) is 5.56 Å². The Hall–Kier alpha value is -1.36. The summed E-state index contributed by atoms with van der Waals surface area (Å²) in [6, 6.07) is 8.69. The molecule has 1 N–H and O–H groups in total. The molecule has 1 rings (SSSR count). The maximum absolute atomic E-state index is 11.3. The molecule has 0 saturated heterocycles. The van der Waals surface area contributed by atoms with Crippen LogP contribution in [-0.2, 0) is 20.6 Å². The van der Waals surface area contributed by atoms with Crippen LogP contribution in [0.5, 0.6) is 0 Å². The molecule has 0 bridgehead atoms. The summed E-state index contributed by atoms with van der Waals surface area (Å²) in [7, 11) is -3.53. The molecule has 0 aliphatic heterocycles. The lowest BCUT2D eigenvalue weighted by atomic mass is 10.2. The van der Waals surface area contributed by atoms with Crippen molar-refractivity contribution >= 4 is 15.9 Å². The van der Waals surface area contributed by atoms with E-state index in [1.54, 1.807) is 30.3 Å². The molecule has 5 heteroatoms. The Morgan fingerprint density at radius 2 is 1.86 bits per heavy atom. The zero-order valence-corrected chi connectivity index (χ0v) is 8.54. The van der Waals surface area contributed by atoms with Crippen LogP contribution < -0.4 is 4.72 Å². The van der Waals surface area contributed by atoms with E-state index in [4.69, 9.17) is 0 Å². The summed E-state index contributed by atoms with van der Waals surface area (Å²) in [6.45, 7) is 1.17. The van der Waals surface area contributed by atoms with Crippen LogP contribution in [0.25, 0.3) is 0 Å². The molecule has 0 aliphatic rings. The van der Waals surface area contributed by atoms with Gasteiger partial charge in [0.25, 0.3) is 0 Å². The van der Waals surface area contributed by atoms with Gasteiger partial charge in [-0.2, -0.15) is 0 Å². The highest BCUT2D eigenvalue weighted by Gasteiger charge is 2.11. The normalized spacial score (nSPS) is 10.9. The number of sulfonamides is 1. The van der Waals surface area contributed by atoms with E-state index in [0.717, 1.165) is 0 Å². The second-order valence-electron chi connectivity index (χ2n) is 2.90. The summed E-state index contributed by atoms with van der Waals surface area (Å²) in [5.74, 6) is -0.742. The predicted octanol–water partition coefficient (Wildman–Crippen LogP) is 0.652. The second kappa shape index (κ2) is 4.23. The molecule has 14 heavy (non-hydrogen) atoms. The van der Waals surface area contributed by atoms with Crippen molar-refractivity contribution in [2.24, 2.45) is 0 Å². The van der Waals surface area contributed by atoms with Crippen molar-refractivity contribution in [3.05, 3.63) is 35.9 Å². The topological polar surface area (TPSA) is 63.2 Å².